The number of hydrogen-bond acceptors (Lipinski definition) is 6. The summed E-state index contributed by atoms with van der Waals surface area (Å²) in [4.78, 5) is 4.56. The van der Waals surface area contributed by atoms with Crippen LogP contribution in [-0.2, 0) is 0 Å². The number of nitrogens with one attached hydrogen (secondary N) is 1. The zero-order valence-electron chi connectivity index (χ0n) is 12.7. The molecule has 0 amide bonds. The normalized spacial score (nSPS) is 26.0. The molecule has 2 unspecified atom stereocenters. The van der Waals surface area contributed by atoms with E-state index in [2.05, 4.69) is 33.9 Å². The van der Waals surface area contributed by atoms with Crippen molar-refractivity contribution in [2.45, 2.75) is 46.1 Å². The summed E-state index contributed by atoms with van der Waals surface area (Å²) in [7, 11) is 0. The summed E-state index contributed by atoms with van der Waals surface area (Å²) in [6.07, 6.45) is 3.78. The van der Waals surface area contributed by atoms with Gasteiger partial charge < -0.3 is 11.1 Å². The lowest BCUT2D eigenvalue weighted by Gasteiger charge is -2.32. The van der Waals surface area contributed by atoms with Crippen molar-refractivity contribution in [1.29, 1.82) is 0 Å². The fraction of sp³-hybridized carbons (Fsp3) is 0.600. The second-order valence-electron chi connectivity index (χ2n) is 6.32. The number of anilines is 2. The number of hydrogen-bond donors (Lipinski definition) is 2. The Kier molecular flexibility index (Phi) is 4.17. The van der Waals surface area contributed by atoms with E-state index >= 15 is 0 Å². The van der Waals surface area contributed by atoms with E-state index < -0.39 is 0 Å². The minimum Gasteiger partial charge on any atom is -0.382 e. The van der Waals surface area contributed by atoms with Crippen LogP contribution in [0.1, 0.15) is 38.8 Å². The number of nitrogen functional groups attached to an aromatic ring is 1. The standard InChI is InChI=1S/C15H22N4S2/c1-8-4-9(2)6-11(5-8)18-15-12(13(16)19-21-15)14-17-10(3)7-20-14/h7-9,11,18H,4-6H2,1-3H3,(H2,16,19). The third kappa shape index (κ3) is 3.21. The van der Waals surface area contributed by atoms with Crippen molar-refractivity contribution >= 4 is 33.7 Å². The van der Waals surface area contributed by atoms with E-state index in [0.29, 0.717) is 11.9 Å². The van der Waals surface area contributed by atoms with Crippen molar-refractivity contribution < 1.29 is 0 Å². The van der Waals surface area contributed by atoms with Gasteiger partial charge in [-0.2, -0.15) is 4.37 Å². The highest BCUT2D eigenvalue weighted by molar-refractivity contribution is 7.15. The smallest absolute Gasteiger partial charge is 0.149 e. The van der Waals surface area contributed by atoms with E-state index in [1.54, 1.807) is 11.3 Å². The molecular formula is C15H22N4S2. The van der Waals surface area contributed by atoms with Crippen LogP contribution in [0.15, 0.2) is 5.38 Å². The number of nitrogens with two attached hydrogens (primary N) is 1. The van der Waals surface area contributed by atoms with Crippen molar-refractivity contribution in [3.63, 3.8) is 0 Å². The van der Waals surface area contributed by atoms with E-state index in [-0.39, 0.29) is 0 Å². The monoisotopic (exact) mass is 322 g/mol. The number of aromatic nitrogens is 2. The lowest BCUT2D eigenvalue weighted by molar-refractivity contribution is 0.281. The summed E-state index contributed by atoms with van der Waals surface area (Å²) in [5.41, 5.74) is 8.09. The fourth-order valence-corrected chi connectivity index (χ4v) is 5.04. The molecule has 0 saturated heterocycles. The summed E-state index contributed by atoms with van der Waals surface area (Å²) >= 11 is 3.09. The van der Waals surface area contributed by atoms with E-state index in [1.807, 2.05) is 6.92 Å². The molecule has 0 aliphatic heterocycles. The van der Waals surface area contributed by atoms with Gasteiger partial charge in [0.05, 0.1) is 5.56 Å². The molecule has 0 radical (unpaired) electrons. The van der Waals surface area contributed by atoms with Crippen LogP contribution >= 0.6 is 22.9 Å². The molecule has 3 N–H and O–H groups in total. The third-order valence-electron chi connectivity index (χ3n) is 4.07. The molecule has 0 aromatic carbocycles. The maximum absolute atomic E-state index is 6.07. The Balaban J connectivity index is 1.83. The Morgan fingerprint density at radius 3 is 2.57 bits per heavy atom. The molecule has 114 valence electrons. The maximum Gasteiger partial charge on any atom is 0.149 e. The van der Waals surface area contributed by atoms with Gasteiger partial charge in [-0.3, -0.25) is 0 Å². The van der Waals surface area contributed by atoms with E-state index in [1.165, 1.54) is 30.8 Å². The Bertz CT molecular complexity index is 609. The van der Waals surface area contributed by atoms with Crippen molar-refractivity contribution in [2.24, 2.45) is 11.8 Å². The van der Waals surface area contributed by atoms with Gasteiger partial charge in [0.25, 0.3) is 0 Å². The minimum atomic E-state index is 0.517. The average Bonchev–Trinajstić information content (AvgIpc) is 2.95. The second-order valence-corrected chi connectivity index (χ2v) is 7.96. The van der Waals surface area contributed by atoms with Crippen LogP contribution in [-0.4, -0.2) is 15.4 Å². The second kappa shape index (κ2) is 5.93. The van der Waals surface area contributed by atoms with Crippen LogP contribution in [0.4, 0.5) is 10.8 Å². The van der Waals surface area contributed by atoms with E-state index in [9.17, 15) is 0 Å². The first-order valence-corrected chi connectivity index (χ1v) is 9.12. The molecule has 1 aliphatic carbocycles. The highest BCUT2D eigenvalue weighted by Gasteiger charge is 2.26. The Labute approximate surface area is 134 Å². The number of nitrogens with zero attached hydrogens (tertiary/aromatic N) is 2. The Morgan fingerprint density at radius 2 is 1.95 bits per heavy atom. The SMILES string of the molecule is Cc1csc(-c2c(N)nsc2NC2CC(C)CC(C)C2)n1. The molecule has 21 heavy (non-hydrogen) atoms. The van der Waals surface area contributed by atoms with Crippen LogP contribution in [0.3, 0.4) is 0 Å². The van der Waals surface area contributed by atoms with Gasteiger partial charge in [-0.15, -0.1) is 11.3 Å². The zero-order valence-corrected chi connectivity index (χ0v) is 14.4. The topological polar surface area (TPSA) is 63.8 Å². The molecular weight excluding hydrogens is 300 g/mol. The molecule has 0 spiro atoms. The summed E-state index contributed by atoms with van der Waals surface area (Å²) < 4.78 is 4.33. The molecule has 1 aliphatic rings. The van der Waals surface area contributed by atoms with E-state index in [0.717, 1.165) is 33.1 Å². The summed E-state index contributed by atoms with van der Waals surface area (Å²) in [6.45, 7) is 6.69. The Hall–Kier alpha value is -1.14. The predicted molar refractivity (Wildman–Crippen MR) is 92.0 cm³/mol. The van der Waals surface area contributed by atoms with Gasteiger partial charge in [0.2, 0.25) is 0 Å². The quantitative estimate of drug-likeness (QED) is 0.879. The summed E-state index contributed by atoms with van der Waals surface area (Å²) in [6, 6.07) is 0.517. The van der Waals surface area contributed by atoms with Crippen LogP contribution < -0.4 is 11.1 Å². The van der Waals surface area contributed by atoms with Gasteiger partial charge in [-0.1, -0.05) is 13.8 Å². The lowest BCUT2D eigenvalue weighted by Crippen LogP contribution is -2.30. The molecule has 6 heteroatoms. The van der Waals surface area contributed by atoms with Crippen molar-refractivity contribution in [1.82, 2.24) is 9.36 Å². The van der Waals surface area contributed by atoms with Crippen LogP contribution in [0, 0.1) is 18.8 Å². The molecule has 2 aromatic heterocycles. The molecule has 4 nitrogen and oxygen atoms in total. The predicted octanol–water partition coefficient (Wildman–Crippen LogP) is 4.39. The molecule has 1 saturated carbocycles. The van der Waals surface area contributed by atoms with Gasteiger partial charge >= 0.3 is 0 Å². The minimum absolute atomic E-state index is 0.517. The first-order valence-electron chi connectivity index (χ1n) is 7.47. The number of thiazole rings is 1. The van der Waals surface area contributed by atoms with Gasteiger partial charge in [0, 0.05) is 17.1 Å². The van der Waals surface area contributed by atoms with Gasteiger partial charge in [-0.25, -0.2) is 4.98 Å². The number of rotatable bonds is 3. The molecule has 1 fully saturated rings. The van der Waals surface area contributed by atoms with Gasteiger partial charge in [-0.05, 0) is 49.6 Å². The third-order valence-corrected chi connectivity index (χ3v) is 5.84. The average molecular weight is 323 g/mol. The highest BCUT2D eigenvalue weighted by atomic mass is 32.1. The maximum atomic E-state index is 6.07. The number of aryl methyl sites for hydroxylation is 1. The lowest BCUT2D eigenvalue weighted by atomic mass is 9.80. The molecule has 0 bridgehead atoms. The summed E-state index contributed by atoms with van der Waals surface area (Å²) in [5.74, 6) is 2.15. The van der Waals surface area contributed by atoms with Crippen LogP contribution in [0.2, 0.25) is 0 Å². The molecule has 3 rings (SSSR count). The van der Waals surface area contributed by atoms with Crippen LogP contribution in [0.5, 0.6) is 0 Å². The van der Waals surface area contributed by atoms with Gasteiger partial charge in [0.1, 0.15) is 15.8 Å². The Morgan fingerprint density at radius 1 is 1.24 bits per heavy atom. The zero-order chi connectivity index (χ0) is 15.0. The highest BCUT2D eigenvalue weighted by Crippen LogP contribution is 2.40. The van der Waals surface area contributed by atoms with Crippen molar-refractivity contribution in [3.8, 4) is 10.6 Å². The van der Waals surface area contributed by atoms with Crippen LogP contribution in [0.25, 0.3) is 10.6 Å². The molecule has 2 aromatic rings. The van der Waals surface area contributed by atoms with Gasteiger partial charge in [0.15, 0.2) is 0 Å². The first-order chi connectivity index (χ1) is 10.0. The molecule has 2 atom stereocenters. The van der Waals surface area contributed by atoms with Crippen molar-refractivity contribution in [2.75, 3.05) is 11.1 Å². The first kappa shape index (κ1) is 14.8. The fourth-order valence-electron chi connectivity index (χ4n) is 3.33. The summed E-state index contributed by atoms with van der Waals surface area (Å²) in [5, 5.41) is 7.79. The largest absolute Gasteiger partial charge is 0.382 e. The van der Waals surface area contributed by atoms with E-state index in [4.69, 9.17) is 5.73 Å². The molecule has 2 heterocycles. The van der Waals surface area contributed by atoms with Crippen molar-refractivity contribution in [3.05, 3.63) is 11.1 Å².